The largest absolute Gasteiger partial charge is 0.382 e. The van der Waals surface area contributed by atoms with Gasteiger partial charge in [0.1, 0.15) is 28.7 Å². The quantitative estimate of drug-likeness (QED) is 0.427. The van der Waals surface area contributed by atoms with Gasteiger partial charge in [-0.25, -0.2) is 15.0 Å². The number of amides is 2. The van der Waals surface area contributed by atoms with E-state index in [2.05, 4.69) is 19.7 Å². The van der Waals surface area contributed by atoms with E-state index in [1.54, 1.807) is 18.3 Å². The topological polar surface area (TPSA) is 131 Å². The first kappa shape index (κ1) is 22.6. The van der Waals surface area contributed by atoms with Crippen molar-refractivity contribution in [3.05, 3.63) is 53.9 Å². The van der Waals surface area contributed by atoms with Crippen LogP contribution in [-0.4, -0.2) is 53.0 Å². The molecule has 2 atom stereocenters. The summed E-state index contributed by atoms with van der Waals surface area (Å²) in [6, 6.07) is 7.62. The number of piperidine rings is 1. The molecule has 4 aromatic rings. The minimum atomic E-state index is -0.246. The molecule has 2 aliphatic heterocycles. The second kappa shape index (κ2) is 8.98. The summed E-state index contributed by atoms with van der Waals surface area (Å²) >= 11 is 1.17. The van der Waals surface area contributed by atoms with Crippen molar-refractivity contribution in [3.8, 4) is 11.3 Å². The summed E-state index contributed by atoms with van der Waals surface area (Å²) < 4.78 is 6.21. The van der Waals surface area contributed by atoms with E-state index >= 15 is 0 Å². The maximum Gasteiger partial charge on any atom is 0.257 e. The summed E-state index contributed by atoms with van der Waals surface area (Å²) in [6.07, 6.45) is 7.82. The molecule has 36 heavy (non-hydrogen) atoms. The molecule has 0 bridgehead atoms. The first-order chi connectivity index (χ1) is 17.5. The van der Waals surface area contributed by atoms with Crippen LogP contribution in [-0.2, 0) is 11.2 Å². The number of aryl methyl sites for hydroxylation is 1. The number of carbonyl (C=O) groups excluding carboxylic acids is 2. The van der Waals surface area contributed by atoms with Gasteiger partial charge in [-0.15, -0.1) is 0 Å². The SMILES string of the molecule is CCc1nsc(NC(=O)c2ccc(-c3nc(C4CCC5CCC(=O)N5C4)n4ccnc(N)c34)cc2)n1. The Hall–Kier alpha value is -3.86. The van der Waals surface area contributed by atoms with Gasteiger partial charge in [0, 0.05) is 66.4 Å². The number of aromatic nitrogens is 5. The monoisotopic (exact) mass is 502 g/mol. The van der Waals surface area contributed by atoms with Gasteiger partial charge in [0.25, 0.3) is 5.91 Å². The van der Waals surface area contributed by atoms with Gasteiger partial charge in [-0.05, 0) is 31.4 Å². The zero-order valence-electron chi connectivity index (χ0n) is 19.8. The van der Waals surface area contributed by atoms with Crippen LogP contribution in [0, 0.1) is 0 Å². The lowest BCUT2D eigenvalue weighted by atomic mass is 9.92. The Morgan fingerprint density at radius 3 is 2.81 bits per heavy atom. The van der Waals surface area contributed by atoms with Crippen LogP contribution in [0.2, 0.25) is 0 Å². The van der Waals surface area contributed by atoms with E-state index < -0.39 is 0 Å². The van der Waals surface area contributed by atoms with Crippen molar-refractivity contribution in [3.63, 3.8) is 0 Å². The second-order valence-electron chi connectivity index (χ2n) is 9.26. The Labute approximate surface area is 211 Å². The molecule has 0 spiro atoms. The van der Waals surface area contributed by atoms with E-state index in [0.717, 1.165) is 42.6 Å². The molecule has 2 unspecified atom stereocenters. The number of imidazole rings is 1. The Balaban J connectivity index is 1.30. The van der Waals surface area contributed by atoms with Crippen molar-refractivity contribution in [2.24, 2.45) is 0 Å². The number of nitrogens with zero attached hydrogens (tertiary/aromatic N) is 6. The lowest BCUT2D eigenvalue weighted by Crippen LogP contribution is -2.41. The summed E-state index contributed by atoms with van der Waals surface area (Å²) in [5.41, 5.74) is 9.11. The Morgan fingerprint density at radius 2 is 2.03 bits per heavy atom. The fraction of sp³-hybridized carbons (Fsp3) is 0.360. The molecule has 2 aliphatic rings. The molecule has 0 radical (unpaired) electrons. The molecule has 184 valence electrons. The molecule has 3 N–H and O–H groups in total. The van der Waals surface area contributed by atoms with Crippen LogP contribution in [0.4, 0.5) is 10.9 Å². The average molecular weight is 503 g/mol. The Morgan fingerprint density at radius 1 is 1.19 bits per heavy atom. The maximum atomic E-state index is 12.7. The molecule has 6 rings (SSSR count). The molecule has 2 amide bonds. The lowest BCUT2D eigenvalue weighted by molar-refractivity contribution is -0.130. The zero-order valence-corrected chi connectivity index (χ0v) is 20.7. The van der Waals surface area contributed by atoms with Crippen LogP contribution in [0.5, 0.6) is 0 Å². The summed E-state index contributed by atoms with van der Waals surface area (Å²) in [4.78, 5) is 40.7. The molecule has 0 saturated carbocycles. The van der Waals surface area contributed by atoms with E-state index in [9.17, 15) is 9.59 Å². The molecule has 2 fully saturated rings. The highest BCUT2D eigenvalue weighted by molar-refractivity contribution is 7.09. The van der Waals surface area contributed by atoms with Crippen molar-refractivity contribution in [2.75, 3.05) is 17.6 Å². The number of anilines is 2. The van der Waals surface area contributed by atoms with E-state index in [-0.39, 0.29) is 17.7 Å². The average Bonchev–Trinajstić information content (AvgIpc) is 3.62. The predicted molar refractivity (Wildman–Crippen MR) is 137 cm³/mol. The molecular weight excluding hydrogens is 476 g/mol. The van der Waals surface area contributed by atoms with Crippen molar-refractivity contribution in [1.29, 1.82) is 0 Å². The number of fused-ring (bicyclic) bond motifs is 2. The number of nitrogen functional groups attached to an aromatic ring is 1. The lowest BCUT2D eigenvalue weighted by Gasteiger charge is -2.34. The molecule has 10 nitrogen and oxygen atoms in total. The molecule has 11 heteroatoms. The standard InChI is InChI=1S/C25H26N8O2S/c1-2-18-28-25(36-31-18)30-24(35)15-5-3-14(4-6-15)20-21-22(26)27-11-12-32(21)23(29-20)16-7-8-17-9-10-19(34)33(17)13-16/h3-6,11-12,16-17H,2,7-10,13H2,1H3,(H2,26,27)(H,28,30,31,35). The zero-order chi connectivity index (χ0) is 24.8. The van der Waals surface area contributed by atoms with Gasteiger partial charge in [0.2, 0.25) is 11.0 Å². The van der Waals surface area contributed by atoms with Gasteiger partial charge in [-0.3, -0.25) is 19.3 Å². The van der Waals surface area contributed by atoms with E-state index in [1.807, 2.05) is 34.6 Å². The van der Waals surface area contributed by atoms with Crippen molar-refractivity contribution >= 4 is 39.8 Å². The summed E-state index contributed by atoms with van der Waals surface area (Å²) in [6.45, 7) is 2.64. The van der Waals surface area contributed by atoms with Crippen molar-refractivity contribution in [2.45, 2.75) is 51.0 Å². The number of hydrogen-bond acceptors (Lipinski definition) is 8. The molecule has 2 saturated heterocycles. The first-order valence-corrected chi connectivity index (χ1v) is 13.0. The highest BCUT2D eigenvalue weighted by Crippen LogP contribution is 2.38. The van der Waals surface area contributed by atoms with E-state index in [0.29, 0.717) is 47.0 Å². The first-order valence-electron chi connectivity index (χ1n) is 12.2. The summed E-state index contributed by atoms with van der Waals surface area (Å²) in [7, 11) is 0. The van der Waals surface area contributed by atoms with Gasteiger partial charge in [0.15, 0.2) is 0 Å². The van der Waals surface area contributed by atoms with Crippen LogP contribution in [0.1, 0.15) is 60.5 Å². The minimum absolute atomic E-state index is 0.122. The number of benzene rings is 1. The predicted octanol–water partition coefficient (Wildman–Crippen LogP) is 3.51. The normalized spacial score (nSPS) is 19.6. The van der Waals surface area contributed by atoms with Crippen molar-refractivity contribution < 1.29 is 9.59 Å². The Bertz CT molecular complexity index is 1460. The second-order valence-corrected chi connectivity index (χ2v) is 10.0. The molecule has 1 aromatic carbocycles. The number of hydrogen-bond donors (Lipinski definition) is 2. The van der Waals surface area contributed by atoms with Crippen LogP contribution in [0.25, 0.3) is 16.8 Å². The van der Waals surface area contributed by atoms with E-state index in [1.165, 1.54) is 11.5 Å². The smallest absolute Gasteiger partial charge is 0.257 e. The summed E-state index contributed by atoms with van der Waals surface area (Å²) in [5, 5.41) is 3.29. The highest BCUT2D eigenvalue weighted by Gasteiger charge is 2.38. The molecule has 3 aromatic heterocycles. The number of rotatable bonds is 5. The van der Waals surface area contributed by atoms with Crippen molar-refractivity contribution in [1.82, 2.24) is 28.6 Å². The van der Waals surface area contributed by atoms with Crippen LogP contribution >= 0.6 is 11.5 Å². The van der Waals surface area contributed by atoms with Crippen LogP contribution < -0.4 is 11.1 Å². The third kappa shape index (κ3) is 3.89. The fourth-order valence-corrected chi connectivity index (χ4v) is 5.90. The number of nitrogens with two attached hydrogens (primary N) is 1. The third-order valence-electron chi connectivity index (χ3n) is 7.12. The van der Waals surface area contributed by atoms with Gasteiger partial charge in [-0.1, -0.05) is 19.1 Å². The highest BCUT2D eigenvalue weighted by atomic mass is 32.1. The van der Waals surface area contributed by atoms with Gasteiger partial charge in [-0.2, -0.15) is 4.37 Å². The third-order valence-corrected chi connectivity index (χ3v) is 7.79. The molecule has 5 heterocycles. The van der Waals surface area contributed by atoms with Crippen LogP contribution in [0.3, 0.4) is 0 Å². The minimum Gasteiger partial charge on any atom is -0.382 e. The summed E-state index contributed by atoms with van der Waals surface area (Å²) in [5.74, 6) is 2.10. The van der Waals surface area contributed by atoms with Crippen LogP contribution in [0.15, 0.2) is 36.7 Å². The number of nitrogens with one attached hydrogen (secondary N) is 1. The fourth-order valence-electron chi connectivity index (χ4n) is 5.25. The van der Waals surface area contributed by atoms with Gasteiger partial charge < -0.3 is 10.6 Å². The van der Waals surface area contributed by atoms with E-state index in [4.69, 9.17) is 10.7 Å². The molecular formula is C25H26N8O2S. The van der Waals surface area contributed by atoms with Gasteiger partial charge in [0.05, 0.1) is 0 Å². The number of carbonyl (C=O) groups is 2. The maximum absolute atomic E-state index is 12.7. The molecule has 0 aliphatic carbocycles. The Kier molecular flexibility index (Phi) is 5.63. The van der Waals surface area contributed by atoms with Gasteiger partial charge >= 0.3 is 0 Å².